The number of benzene rings is 1. The van der Waals surface area contributed by atoms with Gasteiger partial charge in [-0.2, -0.15) is 0 Å². The van der Waals surface area contributed by atoms with Gasteiger partial charge in [0.05, 0.1) is 11.6 Å². The second-order valence-electron chi connectivity index (χ2n) is 4.90. The highest BCUT2D eigenvalue weighted by Gasteiger charge is 2.32. The first-order chi connectivity index (χ1) is 9.14. The first-order valence-electron chi connectivity index (χ1n) is 5.84. The van der Waals surface area contributed by atoms with Crippen LogP contribution in [0.1, 0.15) is 13.8 Å². The van der Waals surface area contributed by atoms with E-state index in [4.69, 9.17) is 16.7 Å². The van der Waals surface area contributed by atoms with Crippen LogP contribution in [-0.2, 0) is 9.59 Å². The number of carboxylic acid groups (broad SMARTS) is 1. The third-order valence-electron chi connectivity index (χ3n) is 3.06. The minimum atomic E-state index is -1.17. The maximum absolute atomic E-state index is 13.0. The lowest BCUT2D eigenvalue weighted by molar-refractivity contribution is -0.148. The molecule has 0 aliphatic heterocycles. The molecule has 20 heavy (non-hydrogen) atoms. The number of carboxylic acids is 1. The fourth-order valence-electron chi connectivity index (χ4n) is 1.35. The van der Waals surface area contributed by atoms with E-state index in [0.717, 1.165) is 6.07 Å². The number of rotatable bonds is 5. The van der Waals surface area contributed by atoms with Crippen LogP contribution in [0.3, 0.4) is 0 Å². The van der Waals surface area contributed by atoms with Gasteiger partial charge < -0.3 is 10.4 Å². The summed E-state index contributed by atoms with van der Waals surface area (Å²) in [5.41, 5.74) is -0.819. The second kappa shape index (κ2) is 6.19. The number of likely N-dealkylation sites (N-methyl/N-ethyl adjacent to an activating group) is 1. The molecule has 2 N–H and O–H groups in total. The van der Waals surface area contributed by atoms with Gasteiger partial charge in [0.1, 0.15) is 11.4 Å². The number of carbonyl (C=O) groups is 2. The molecule has 0 saturated heterocycles. The van der Waals surface area contributed by atoms with Crippen LogP contribution in [0, 0.1) is 5.82 Å². The van der Waals surface area contributed by atoms with Gasteiger partial charge in [-0.1, -0.05) is 11.6 Å². The van der Waals surface area contributed by atoms with E-state index >= 15 is 0 Å². The third-order valence-corrected chi connectivity index (χ3v) is 3.35. The summed E-state index contributed by atoms with van der Waals surface area (Å²) in [7, 11) is 1.53. The summed E-state index contributed by atoms with van der Waals surface area (Å²) in [6, 6.07) is 3.81. The zero-order valence-electron chi connectivity index (χ0n) is 11.4. The molecule has 110 valence electrons. The van der Waals surface area contributed by atoms with E-state index < -0.39 is 23.2 Å². The Morgan fingerprint density at radius 3 is 2.55 bits per heavy atom. The molecular weight excluding hydrogens is 287 g/mol. The second-order valence-corrected chi connectivity index (χ2v) is 5.30. The van der Waals surface area contributed by atoms with Crippen molar-refractivity contribution in [1.82, 2.24) is 4.90 Å². The van der Waals surface area contributed by atoms with E-state index in [9.17, 15) is 14.0 Å². The van der Waals surface area contributed by atoms with Crippen LogP contribution < -0.4 is 5.32 Å². The molecule has 7 heteroatoms. The lowest BCUT2D eigenvalue weighted by Crippen LogP contribution is -2.50. The summed E-state index contributed by atoms with van der Waals surface area (Å²) >= 11 is 5.60. The fourth-order valence-corrected chi connectivity index (χ4v) is 1.53. The Morgan fingerprint density at radius 1 is 1.45 bits per heavy atom. The van der Waals surface area contributed by atoms with Gasteiger partial charge in [0.25, 0.3) is 0 Å². The van der Waals surface area contributed by atoms with Crippen molar-refractivity contribution in [3.63, 3.8) is 0 Å². The van der Waals surface area contributed by atoms with Gasteiger partial charge in [0, 0.05) is 5.69 Å². The number of halogens is 2. The van der Waals surface area contributed by atoms with Crippen LogP contribution in [0.25, 0.3) is 0 Å². The van der Waals surface area contributed by atoms with Crippen molar-refractivity contribution in [3.8, 4) is 0 Å². The average molecular weight is 303 g/mol. The summed E-state index contributed by atoms with van der Waals surface area (Å²) in [6.07, 6.45) is 0. The number of amides is 1. The molecule has 0 fully saturated rings. The molecule has 1 amide bonds. The molecule has 1 aromatic carbocycles. The number of aliphatic carboxylic acids is 1. The van der Waals surface area contributed by atoms with Crippen LogP contribution in [0.2, 0.25) is 5.02 Å². The van der Waals surface area contributed by atoms with Crippen molar-refractivity contribution in [2.24, 2.45) is 0 Å². The highest BCUT2D eigenvalue weighted by Crippen LogP contribution is 2.19. The largest absolute Gasteiger partial charge is 0.480 e. The predicted octanol–water partition coefficient (Wildman–Crippen LogP) is 2.21. The molecule has 0 aromatic heterocycles. The molecule has 1 rings (SSSR count). The third kappa shape index (κ3) is 3.91. The number of anilines is 1. The first kappa shape index (κ1) is 16.4. The molecule has 0 bridgehead atoms. The van der Waals surface area contributed by atoms with E-state index in [-0.39, 0.29) is 11.6 Å². The van der Waals surface area contributed by atoms with E-state index in [2.05, 4.69) is 5.32 Å². The highest BCUT2D eigenvalue weighted by molar-refractivity contribution is 6.31. The highest BCUT2D eigenvalue weighted by atomic mass is 35.5. The molecule has 5 nitrogen and oxygen atoms in total. The van der Waals surface area contributed by atoms with Crippen molar-refractivity contribution in [2.75, 3.05) is 18.9 Å². The maximum atomic E-state index is 13.0. The minimum Gasteiger partial charge on any atom is -0.480 e. The predicted molar refractivity (Wildman–Crippen MR) is 74.4 cm³/mol. The number of nitrogens with zero attached hydrogens (tertiary/aromatic N) is 1. The van der Waals surface area contributed by atoms with Crippen LogP contribution in [-0.4, -0.2) is 41.0 Å². The minimum absolute atomic E-state index is 0.0954. The zero-order valence-corrected chi connectivity index (χ0v) is 12.2. The summed E-state index contributed by atoms with van der Waals surface area (Å²) in [5, 5.41) is 11.5. The molecule has 0 heterocycles. The molecule has 0 spiro atoms. The van der Waals surface area contributed by atoms with Crippen LogP contribution in [0.5, 0.6) is 0 Å². The Bertz CT molecular complexity index is 534. The van der Waals surface area contributed by atoms with E-state index in [0.29, 0.717) is 5.69 Å². The summed E-state index contributed by atoms with van der Waals surface area (Å²) in [4.78, 5) is 24.3. The van der Waals surface area contributed by atoms with E-state index in [1.165, 1.54) is 37.9 Å². The van der Waals surface area contributed by atoms with E-state index in [1.54, 1.807) is 0 Å². The zero-order chi connectivity index (χ0) is 15.5. The molecule has 1 aromatic rings. The SMILES string of the molecule is CN(CC(=O)Nc1ccc(F)c(Cl)c1)C(C)(C)C(=O)O. The van der Waals surface area contributed by atoms with Crippen molar-refractivity contribution < 1.29 is 19.1 Å². The Hall–Kier alpha value is -1.66. The number of carbonyl (C=O) groups excluding carboxylic acids is 1. The molecule has 0 atom stereocenters. The number of nitrogens with one attached hydrogen (secondary N) is 1. The summed E-state index contributed by atoms with van der Waals surface area (Å²) in [6.45, 7) is 2.88. The van der Waals surface area contributed by atoms with Crippen LogP contribution >= 0.6 is 11.6 Å². The molecule has 0 aliphatic carbocycles. The molecule has 0 radical (unpaired) electrons. The quantitative estimate of drug-likeness (QED) is 0.875. The molecular formula is C13H16ClFN2O3. The Labute approximate surface area is 121 Å². The van der Waals surface area contributed by atoms with Gasteiger partial charge in [-0.15, -0.1) is 0 Å². The number of hydrogen-bond donors (Lipinski definition) is 2. The first-order valence-corrected chi connectivity index (χ1v) is 6.22. The average Bonchev–Trinajstić information content (AvgIpc) is 2.33. The van der Waals surface area contributed by atoms with Gasteiger partial charge in [-0.05, 0) is 39.1 Å². The van der Waals surface area contributed by atoms with E-state index in [1.807, 2.05) is 0 Å². The monoisotopic (exact) mass is 302 g/mol. The molecule has 0 saturated carbocycles. The van der Waals surface area contributed by atoms with Crippen molar-refractivity contribution in [3.05, 3.63) is 29.0 Å². The fraction of sp³-hybridized carbons (Fsp3) is 0.385. The van der Waals surface area contributed by atoms with Gasteiger partial charge in [-0.25, -0.2) is 4.39 Å². The number of hydrogen-bond acceptors (Lipinski definition) is 3. The molecule has 0 aliphatic rings. The molecule has 0 unspecified atom stereocenters. The summed E-state index contributed by atoms with van der Waals surface area (Å²) in [5.74, 6) is -2.02. The maximum Gasteiger partial charge on any atom is 0.323 e. The topological polar surface area (TPSA) is 69.6 Å². The lowest BCUT2D eigenvalue weighted by Gasteiger charge is -2.30. The van der Waals surface area contributed by atoms with Gasteiger partial charge >= 0.3 is 5.97 Å². The smallest absolute Gasteiger partial charge is 0.323 e. The van der Waals surface area contributed by atoms with Crippen molar-refractivity contribution in [1.29, 1.82) is 0 Å². The standard InChI is InChI=1S/C13H16ClFN2O3/c1-13(2,12(19)20)17(3)7-11(18)16-8-4-5-10(15)9(14)6-8/h4-6H,7H2,1-3H3,(H,16,18)(H,19,20). The van der Waals surface area contributed by atoms with Crippen molar-refractivity contribution >= 4 is 29.2 Å². The Morgan fingerprint density at radius 2 is 2.05 bits per heavy atom. The van der Waals surface area contributed by atoms with Gasteiger partial charge in [-0.3, -0.25) is 14.5 Å². The van der Waals surface area contributed by atoms with Gasteiger partial charge in [0.2, 0.25) is 5.91 Å². The van der Waals surface area contributed by atoms with Crippen LogP contribution in [0.15, 0.2) is 18.2 Å². The van der Waals surface area contributed by atoms with Crippen molar-refractivity contribution in [2.45, 2.75) is 19.4 Å². The Kier molecular flexibility index (Phi) is 5.08. The van der Waals surface area contributed by atoms with Crippen LogP contribution in [0.4, 0.5) is 10.1 Å². The normalized spacial score (nSPS) is 11.5. The van der Waals surface area contributed by atoms with Gasteiger partial charge in [0.15, 0.2) is 0 Å². The Balaban J connectivity index is 2.68. The lowest BCUT2D eigenvalue weighted by atomic mass is 10.0. The summed E-state index contributed by atoms with van der Waals surface area (Å²) < 4.78 is 13.0.